The van der Waals surface area contributed by atoms with Crippen LogP contribution in [0.25, 0.3) is 10.8 Å². The average molecular weight is 186 g/mol. The summed E-state index contributed by atoms with van der Waals surface area (Å²) in [6.07, 6.45) is 3.76. The molecule has 0 unspecified atom stereocenters. The van der Waals surface area contributed by atoms with E-state index in [4.69, 9.17) is 0 Å². The molecule has 2 nitrogen and oxygen atoms in total. The van der Waals surface area contributed by atoms with Gasteiger partial charge >= 0.3 is 0 Å². The summed E-state index contributed by atoms with van der Waals surface area (Å²) < 4.78 is 0. The van der Waals surface area contributed by atoms with Gasteiger partial charge in [0.25, 0.3) is 0 Å². The highest BCUT2D eigenvalue weighted by Gasteiger charge is 2.00. The van der Waals surface area contributed by atoms with Crippen molar-refractivity contribution < 1.29 is 0 Å². The van der Waals surface area contributed by atoms with Crippen LogP contribution in [0.3, 0.4) is 0 Å². The first-order valence-electron chi connectivity index (χ1n) is 4.74. The van der Waals surface area contributed by atoms with Gasteiger partial charge in [0.2, 0.25) is 0 Å². The summed E-state index contributed by atoms with van der Waals surface area (Å²) in [5.41, 5.74) is 1.36. The highest BCUT2D eigenvalue weighted by atomic mass is 15.0. The smallest absolute Gasteiger partial charge is 0.0346 e. The highest BCUT2D eigenvalue weighted by molar-refractivity contribution is 5.84. The van der Waals surface area contributed by atoms with E-state index in [1.54, 1.807) is 0 Å². The second-order valence-electron chi connectivity index (χ2n) is 3.75. The standard InChI is InChI=1S/C12H14N2/c1-14(2)9-11-5-3-4-10-8-13-7-6-12(10)11/h3-8H,9H2,1-2H3. The summed E-state index contributed by atoms with van der Waals surface area (Å²) >= 11 is 0. The lowest BCUT2D eigenvalue weighted by Crippen LogP contribution is -2.10. The molecule has 0 saturated carbocycles. The van der Waals surface area contributed by atoms with Gasteiger partial charge in [0.05, 0.1) is 0 Å². The van der Waals surface area contributed by atoms with Crippen molar-refractivity contribution in [2.75, 3.05) is 14.1 Å². The Morgan fingerprint density at radius 3 is 2.86 bits per heavy atom. The number of hydrogen-bond donors (Lipinski definition) is 0. The SMILES string of the molecule is CN(C)Cc1cccc2cnccc12. The van der Waals surface area contributed by atoms with Crippen molar-refractivity contribution in [1.82, 2.24) is 9.88 Å². The number of aromatic nitrogens is 1. The molecule has 0 bridgehead atoms. The van der Waals surface area contributed by atoms with Gasteiger partial charge in [-0.2, -0.15) is 0 Å². The van der Waals surface area contributed by atoms with Gasteiger partial charge in [-0.1, -0.05) is 18.2 Å². The fourth-order valence-electron chi connectivity index (χ4n) is 1.67. The van der Waals surface area contributed by atoms with Crippen molar-refractivity contribution >= 4 is 10.8 Å². The van der Waals surface area contributed by atoms with Crippen molar-refractivity contribution in [1.29, 1.82) is 0 Å². The molecule has 0 atom stereocenters. The molecule has 0 spiro atoms. The van der Waals surface area contributed by atoms with Gasteiger partial charge in [0, 0.05) is 24.3 Å². The van der Waals surface area contributed by atoms with Gasteiger partial charge in [-0.3, -0.25) is 4.98 Å². The molecule has 0 radical (unpaired) electrons. The first-order chi connectivity index (χ1) is 6.77. The summed E-state index contributed by atoms with van der Waals surface area (Å²) in [5.74, 6) is 0. The Bertz CT molecular complexity index is 430. The number of nitrogens with zero attached hydrogens (tertiary/aromatic N) is 2. The molecule has 1 aromatic carbocycles. The molecular formula is C12H14N2. The van der Waals surface area contributed by atoms with Crippen LogP contribution < -0.4 is 0 Å². The Kier molecular flexibility index (Phi) is 2.46. The van der Waals surface area contributed by atoms with Gasteiger partial charge in [-0.25, -0.2) is 0 Å². The largest absolute Gasteiger partial charge is 0.305 e. The maximum Gasteiger partial charge on any atom is 0.0346 e. The number of pyridine rings is 1. The Morgan fingerprint density at radius 2 is 2.07 bits per heavy atom. The summed E-state index contributed by atoms with van der Waals surface area (Å²) in [5, 5.41) is 2.52. The normalized spacial score (nSPS) is 11.1. The van der Waals surface area contributed by atoms with E-state index >= 15 is 0 Å². The van der Waals surface area contributed by atoms with E-state index in [-0.39, 0.29) is 0 Å². The van der Waals surface area contributed by atoms with E-state index in [2.05, 4.69) is 48.2 Å². The third kappa shape index (κ3) is 1.75. The number of fused-ring (bicyclic) bond motifs is 1. The number of hydrogen-bond acceptors (Lipinski definition) is 2. The molecule has 2 heteroatoms. The fraction of sp³-hybridized carbons (Fsp3) is 0.250. The second-order valence-corrected chi connectivity index (χ2v) is 3.75. The minimum Gasteiger partial charge on any atom is -0.305 e. The first-order valence-corrected chi connectivity index (χ1v) is 4.74. The lowest BCUT2D eigenvalue weighted by atomic mass is 10.1. The molecule has 0 aliphatic carbocycles. The van der Waals surface area contributed by atoms with E-state index < -0.39 is 0 Å². The van der Waals surface area contributed by atoms with Crippen LogP contribution in [0.15, 0.2) is 36.7 Å². The van der Waals surface area contributed by atoms with Gasteiger partial charge < -0.3 is 4.90 Å². The summed E-state index contributed by atoms with van der Waals surface area (Å²) in [6, 6.07) is 8.43. The maximum absolute atomic E-state index is 4.12. The van der Waals surface area contributed by atoms with Crippen LogP contribution in [0.4, 0.5) is 0 Å². The predicted octanol–water partition coefficient (Wildman–Crippen LogP) is 2.30. The zero-order chi connectivity index (χ0) is 9.97. The van der Waals surface area contributed by atoms with E-state index in [0.717, 1.165) is 6.54 Å². The molecule has 2 rings (SSSR count). The molecule has 0 N–H and O–H groups in total. The molecule has 14 heavy (non-hydrogen) atoms. The van der Waals surface area contributed by atoms with Crippen LogP contribution in [0.1, 0.15) is 5.56 Å². The monoisotopic (exact) mass is 186 g/mol. The molecular weight excluding hydrogens is 172 g/mol. The molecule has 1 aromatic heterocycles. The molecule has 0 aliphatic heterocycles. The molecule has 0 fully saturated rings. The van der Waals surface area contributed by atoms with E-state index in [0.29, 0.717) is 0 Å². The van der Waals surface area contributed by atoms with Crippen molar-refractivity contribution in [3.63, 3.8) is 0 Å². The van der Waals surface area contributed by atoms with Crippen molar-refractivity contribution in [2.24, 2.45) is 0 Å². The Hall–Kier alpha value is -1.41. The fourth-order valence-corrected chi connectivity index (χ4v) is 1.67. The Labute approximate surface area is 84.2 Å². The Morgan fingerprint density at radius 1 is 1.21 bits per heavy atom. The third-order valence-corrected chi connectivity index (χ3v) is 2.26. The molecule has 72 valence electrons. The van der Waals surface area contributed by atoms with Crippen LogP contribution in [0, 0.1) is 0 Å². The number of benzene rings is 1. The van der Waals surface area contributed by atoms with Gasteiger partial charge in [-0.05, 0) is 31.1 Å². The predicted molar refractivity (Wildman–Crippen MR) is 59.1 cm³/mol. The second kappa shape index (κ2) is 3.76. The average Bonchev–Trinajstić information content (AvgIpc) is 2.18. The lowest BCUT2D eigenvalue weighted by Gasteiger charge is -2.11. The van der Waals surface area contributed by atoms with Crippen LogP contribution >= 0.6 is 0 Å². The number of rotatable bonds is 2. The zero-order valence-electron chi connectivity index (χ0n) is 8.57. The van der Waals surface area contributed by atoms with Crippen LogP contribution in [0.2, 0.25) is 0 Å². The lowest BCUT2D eigenvalue weighted by molar-refractivity contribution is 0.404. The highest BCUT2D eigenvalue weighted by Crippen LogP contribution is 2.17. The first kappa shape index (κ1) is 9.16. The topological polar surface area (TPSA) is 16.1 Å². The molecule has 0 aliphatic rings. The summed E-state index contributed by atoms with van der Waals surface area (Å²) in [4.78, 5) is 6.30. The third-order valence-electron chi connectivity index (χ3n) is 2.26. The quantitative estimate of drug-likeness (QED) is 0.715. The van der Waals surface area contributed by atoms with Gasteiger partial charge in [0.15, 0.2) is 0 Å². The zero-order valence-corrected chi connectivity index (χ0v) is 8.57. The minimum atomic E-state index is 0.974. The summed E-state index contributed by atoms with van der Waals surface area (Å²) in [7, 11) is 4.17. The van der Waals surface area contributed by atoms with Gasteiger partial charge in [0.1, 0.15) is 0 Å². The molecule has 0 saturated heterocycles. The minimum absolute atomic E-state index is 0.974. The van der Waals surface area contributed by atoms with Crippen molar-refractivity contribution in [3.8, 4) is 0 Å². The van der Waals surface area contributed by atoms with Crippen LogP contribution in [0.5, 0.6) is 0 Å². The van der Waals surface area contributed by atoms with E-state index in [1.165, 1.54) is 16.3 Å². The van der Waals surface area contributed by atoms with Crippen molar-refractivity contribution in [3.05, 3.63) is 42.2 Å². The van der Waals surface area contributed by atoms with E-state index in [9.17, 15) is 0 Å². The Balaban J connectivity index is 2.53. The van der Waals surface area contributed by atoms with Crippen molar-refractivity contribution in [2.45, 2.75) is 6.54 Å². The molecule has 1 heterocycles. The molecule has 2 aromatic rings. The summed E-state index contributed by atoms with van der Waals surface area (Å²) in [6.45, 7) is 0.974. The van der Waals surface area contributed by atoms with Crippen LogP contribution in [-0.2, 0) is 6.54 Å². The maximum atomic E-state index is 4.12. The van der Waals surface area contributed by atoms with Gasteiger partial charge in [-0.15, -0.1) is 0 Å². The van der Waals surface area contributed by atoms with E-state index in [1.807, 2.05) is 12.4 Å². The van der Waals surface area contributed by atoms with Crippen LogP contribution in [-0.4, -0.2) is 24.0 Å². The molecule has 0 amide bonds.